The molecule has 0 amide bonds. The Labute approximate surface area is 151 Å². The molecule has 0 heterocycles. The largest absolute Gasteiger partial charge is 0.365 e. The van der Waals surface area contributed by atoms with Crippen molar-refractivity contribution in [1.29, 1.82) is 0 Å². The van der Waals surface area contributed by atoms with E-state index in [2.05, 4.69) is 64.5 Å². The van der Waals surface area contributed by atoms with Crippen LogP contribution in [-0.4, -0.2) is 0 Å². The van der Waals surface area contributed by atoms with Gasteiger partial charge in [-0.15, -0.1) is 0 Å². The van der Waals surface area contributed by atoms with Crippen molar-refractivity contribution in [2.45, 2.75) is 12.7 Å². The highest BCUT2D eigenvalue weighted by Gasteiger charge is 2.08. The lowest BCUT2D eigenvalue weighted by molar-refractivity contribution is 0.0723. The summed E-state index contributed by atoms with van der Waals surface area (Å²) in [5, 5.41) is 0. The number of hydrogen-bond donors (Lipinski definition) is 0. The van der Waals surface area contributed by atoms with Crippen molar-refractivity contribution in [2.24, 2.45) is 0 Å². The van der Waals surface area contributed by atoms with Crippen molar-refractivity contribution in [2.75, 3.05) is 0 Å². The van der Waals surface area contributed by atoms with Crippen LogP contribution in [0.1, 0.15) is 22.8 Å². The Kier molecular flexibility index (Phi) is 6.00. The minimum absolute atomic E-state index is 0.0740. The summed E-state index contributed by atoms with van der Waals surface area (Å²) in [4.78, 5) is 0. The maximum Gasteiger partial charge on any atom is 0.101 e. The van der Waals surface area contributed by atoms with E-state index in [1.54, 1.807) is 0 Å². The van der Waals surface area contributed by atoms with Crippen LogP contribution in [-0.2, 0) is 11.3 Å². The average Bonchev–Trinajstić information content (AvgIpc) is 2.65. The van der Waals surface area contributed by atoms with Gasteiger partial charge >= 0.3 is 0 Å². The van der Waals surface area contributed by atoms with Gasteiger partial charge in [-0.3, -0.25) is 0 Å². The summed E-state index contributed by atoms with van der Waals surface area (Å²) in [5.41, 5.74) is 3.49. The first-order valence-corrected chi connectivity index (χ1v) is 8.75. The van der Waals surface area contributed by atoms with Crippen LogP contribution < -0.4 is 0 Å². The molecule has 0 saturated heterocycles. The van der Waals surface area contributed by atoms with E-state index in [1.807, 2.05) is 48.5 Å². The van der Waals surface area contributed by atoms with Crippen LogP contribution in [0.2, 0.25) is 0 Å². The summed E-state index contributed by atoms with van der Waals surface area (Å²) in [7, 11) is 0. The van der Waals surface area contributed by atoms with Crippen molar-refractivity contribution in [1.82, 2.24) is 0 Å². The molecule has 3 rings (SSSR count). The van der Waals surface area contributed by atoms with E-state index in [-0.39, 0.29) is 6.10 Å². The monoisotopic (exact) mass is 378 g/mol. The third kappa shape index (κ3) is 4.92. The lowest BCUT2D eigenvalue weighted by Crippen LogP contribution is -2.02. The minimum atomic E-state index is -0.0740. The fourth-order valence-corrected chi connectivity index (χ4v) is 2.70. The molecule has 120 valence electrons. The summed E-state index contributed by atoms with van der Waals surface area (Å²) in [6.07, 6.45) is 4.15. The summed E-state index contributed by atoms with van der Waals surface area (Å²) in [6.45, 7) is 0.575. The molecule has 0 bridgehead atoms. The Morgan fingerprint density at radius 2 is 1.42 bits per heavy atom. The van der Waals surface area contributed by atoms with Crippen molar-refractivity contribution in [3.8, 4) is 0 Å². The quantitative estimate of drug-likeness (QED) is 0.480. The standard InChI is InChI=1S/C22H19BrO/c23-21-14-11-19(12-15-21)17-24-22(20-9-5-2-6-10-20)16-13-18-7-3-1-4-8-18/h1-16,22H,17H2/b16-13+/t22-/m1/s1. The van der Waals surface area contributed by atoms with Gasteiger partial charge in [-0.2, -0.15) is 0 Å². The molecule has 24 heavy (non-hydrogen) atoms. The number of halogens is 1. The first-order chi connectivity index (χ1) is 11.8. The molecule has 3 aromatic carbocycles. The topological polar surface area (TPSA) is 9.23 Å². The SMILES string of the molecule is Brc1ccc(CO[C@H](/C=C/c2ccccc2)c2ccccc2)cc1. The Hall–Kier alpha value is -2.16. The molecule has 0 spiro atoms. The zero-order valence-corrected chi connectivity index (χ0v) is 14.9. The van der Waals surface area contributed by atoms with Crippen LogP contribution >= 0.6 is 15.9 Å². The normalized spacial score (nSPS) is 12.4. The lowest BCUT2D eigenvalue weighted by atomic mass is 10.1. The number of benzene rings is 3. The van der Waals surface area contributed by atoms with Crippen molar-refractivity contribution < 1.29 is 4.74 Å². The number of rotatable bonds is 6. The Balaban J connectivity index is 1.75. The van der Waals surface area contributed by atoms with Gasteiger partial charge in [-0.05, 0) is 28.8 Å². The molecular weight excluding hydrogens is 360 g/mol. The predicted molar refractivity (Wildman–Crippen MR) is 104 cm³/mol. The van der Waals surface area contributed by atoms with Gasteiger partial charge in [-0.25, -0.2) is 0 Å². The minimum Gasteiger partial charge on any atom is -0.365 e. The Morgan fingerprint density at radius 1 is 0.792 bits per heavy atom. The van der Waals surface area contributed by atoms with Crippen LogP contribution in [0.4, 0.5) is 0 Å². The molecule has 2 heteroatoms. The lowest BCUT2D eigenvalue weighted by Gasteiger charge is -2.15. The van der Waals surface area contributed by atoms with Gasteiger partial charge < -0.3 is 4.74 Å². The fourth-order valence-electron chi connectivity index (χ4n) is 2.43. The summed E-state index contributed by atoms with van der Waals surface area (Å²) < 4.78 is 7.25. The van der Waals surface area contributed by atoms with Gasteiger partial charge in [0, 0.05) is 4.47 Å². The average molecular weight is 379 g/mol. The second kappa shape index (κ2) is 8.62. The van der Waals surface area contributed by atoms with Gasteiger partial charge in [0.15, 0.2) is 0 Å². The molecule has 1 nitrogen and oxygen atoms in total. The summed E-state index contributed by atoms with van der Waals surface area (Å²) >= 11 is 3.46. The molecule has 0 aliphatic rings. The van der Waals surface area contributed by atoms with Crippen LogP contribution in [0.15, 0.2) is 95.5 Å². The fraction of sp³-hybridized carbons (Fsp3) is 0.0909. The van der Waals surface area contributed by atoms with Crippen LogP contribution in [0.25, 0.3) is 6.08 Å². The van der Waals surface area contributed by atoms with E-state index >= 15 is 0 Å². The van der Waals surface area contributed by atoms with E-state index in [0.29, 0.717) is 6.61 Å². The summed E-state index contributed by atoms with van der Waals surface area (Å²) in [6, 6.07) is 28.8. The highest BCUT2D eigenvalue weighted by atomic mass is 79.9. The second-order valence-corrected chi connectivity index (χ2v) is 6.45. The first-order valence-electron chi connectivity index (χ1n) is 7.95. The molecule has 1 atom stereocenters. The van der Waals surface area contributed by atoms with Crippen LogP contribution in [0.3, 0.4) is 0 Å². The Bertz CT molecular complexity index is 764. The third-order valence-corrected chi connectivity index (χ3v) is 4.26. The second-order valence-electron chi connectivity index (χ2n) is 5.54. The van der Waals surface area contributed by atoms with Gasteiger partial charge in [-0.1, -0.05) is 101 Å². The summed E-state index contributed by atoms with van der Waals surface area (Å²) in [5.74, 6) is 0. The molecule has 0 aromatic heterocycles. The smallest absolute Gasteiger partial charge is 0.101 e. The van der Waals surface area contributed by atoms with E-state index in [0.717, 1.165) is 15.6 Å². The highest BCUT2D eigenvalue weighted by molar-refractivity contribution is 9.10. The van der Waals surface area contributed by atoms with E-state index in [1.165, 1.54) is 5.56 Å². The van der Waals surface area contributed by atoms with Crippen LogP contribution in [0.5, 0.6) is 0 Å². The maximum atomic E-state index is 6.17. The molecule has 0 aliphatic carbocycles. The van der Waals surface area contributed by atoms with Crippen molar-refractivity contribution in [3.05, 3.63) is 112 Å². The van der Waals surface area contributed by atoms with Gasteiger partial charge in [0.05, 0.1) is 6.61 Å². The molecule has 0 aliphatic heterocycles. The predicted octanol–water partition coefficient (Wildman–Crippen LogP) is 6.42. The molecule has 0 radical (unpaired) electrons. The first kappa shape index (κ1) is 16.7. The van der Waals surface area contributed by atoms with Crippen molar-refractivity contribution >= 4 is 22.0 Å². The van der Waals surface area contributed by atoms with Gasteiger partial charge in [0.2, 0.25) is 0 Å². The number of hydrogen-bond acceptors (Lipinski definition) is 1. The molecular formula is C22H19BrO. The zero-order chi connectivity index (χ0) is 16.6. The van der Waals surface area contributed by atoms with Gasteiger partial charge in [0.25, 0.3) is 0 Å². The van der Waals surface area contributed by atoms with Gasteiger partial charge in [0.1, 0.15) is 6.10 Å². The molecule has 0 saturated carbocycles. The molecule has 0 fully saturated rings. The van der Waals surface area contributed by atoms with E-state index in [9.17, 15) is 0 Å². The van der Waals surface area contributed by atoms with Crippen LogP contribution in [0, 0.1) is 0 Å². The van der Waals surface area contributed by atoms with Crippen molar-refractivity contribution in [3.63, 3.8) is 0 Å². The van der Waals surface area contributed by atoms with E-state index < -0.39 is 0 Å². The van der Waals surface area contributed by atoms with E-state index in [4.69, 9.17) is 4.74 Å². The highest BCUT2D eigenvalue weighted by Crippen LogP contribution is 2.22. The number of ether oxygens (including phenoxy) is 1. The molecule has 0 N–H and O–H groups in total. The zero-order valence-electron chi connectivity index (χ0n) is 13.3. The third-order valence-electron chi connectivity index (χ3n) is 3.73. The maximum absolute atomic E-state index is 6.17. The molecule has 0 unspecified atom stereocenters. The Morgan fingerprint density at radius 3 is 2.08 bits per heavy atom. The molecule has 3 aromatic rings.